The molecule has 0 aromatic heterocycles. The molecule has 1 saturated heterocycles. The van der Waals surface area contributed by atoms with Gasteiger partial charge in [0.15, 0.2) is 0 Å². The van der Waals surface area contributed by atoms with Gasteiger partial charge in [0.2, 0.25) is 5.91 Å². The topological polar surface area (TPSA) is 125 Å². The summed E-state index contributed by atoms with van der Waals surface area (Å²) >= 11 is 4.26. The van der Waals surface area contributed by atoms with Gasteiger partial charge in [-0.25, -0.2) is 14.5 Å². The maximum atomic E-state index is 12.9. The number of amides is 4. The fraction of sp³-hybridized carbons (Fsp3) is 0.143. The fourth-order valence-corrected chi connectivity index (χ4v) is 5.99. The van der Waals surface area contributed by atoms with Crippen LogP contribution in [0.4, 0.5) is 10.5 Å². The molecule has 0 atom stereocenters. The van der Waals surface area contributed by atoms with E-state index in [1.165, 1.54) is 12.1 Å². The van der Waals surface area contributed by atoms with Crippen molar-refractivity contribution in [3.63, 3.8) is 0 Å². The molecule has 4 amide bonds. The first-order valence-electron chi connectivity index (χ1n) is 11.8. The van der Waals surface area contributed by atoms with Crippen LogP contribution in [0.3, 0.4) is 0 Å². The van der Waals surface area contributed by atoms with E-state index < -0.39 is 30.4 Å². The number of carboxylic acids is 1. The third-order valence-electron chi connectivity index (χ3n) is 5.85. The molecule has 11 heteroatoms. The number of carboxylic acid groups (broad SMARTS) is 1. The van der Waals surface area contributed by atoms with Crippen molar-refractivity contribution in [2.45, 2.75) is 20.0 Å². The molecule has 0 bridgehead atoms. The van der Waals surface area contributed by atoms with Gasteiger partial charge in [-0.15, -0.1) is 0 Å². The number of halogens is 2. The van der Waals surface area contributed by atoms with Gasteiger partial charge in [0.25, 0.3) is 5.91 Å². The Morgan fingerprint density at radius 2 is 1.72 bits per heavy atom. The standard InChI is InChI=1S/C28H23I2N3O6/c1-2-18-5-3-4-6-22(18)31-24(34)14-33-26(35)23(32-28(33)38)13-17-11-20(29)25(21(30)12-17)39-15-16-7-9-19(10-8-16)27(36)37/h3-13H,2,14-15H2,1H3,(H,31,34)(H,32,38)(H,36,37)/b23-13+. The lowest BCUT2D eigenvalue weighted by Crippen LogP contribution is -2.38. The molecule has 0 saturated carbocycles. The summed E-state index contributed by atoms with van der Waals surface area (Å²) in [4.78, 5) is 49.9. The minimum absolute atomic E-state index is 0.0700. The number of benzene rings is 3. The second kappa shape index (κ2) is 12.6. The van der Waals surface area contributed by atoms with Gasteiger partial charge in [0.05, 0.1) is 12.7 Å². The van der Waals surface area contributed by atoms with Crippen LogP contribution in [-0.2, 0) is 22.6 Å². The maximum absolute atomic E-state index is 12.9. The third-order valence-corrected chi connectivity index (χ3v) is 7.45. The summed E-state index contributed by atoms with van der Waals surface area (Å²) in [6, 6.07) is 16.8. The lowest BCUT2D eigenvalue weighted by molar-refractivity contribution is -0.127. The van der Waals surface area contributed by atoms with Crippen molar-refractivity contribution in [1.82, 2.24) is 10.2 Å². The fourth-order valence-electron chi connectivity index (χ4n) is 3.87. The van der Waals surface area contributed by atoms with Crippen molar-refractivity contribution >= 4 is 80.8 Å². The number of aryl methyl sites for hydroxylation is 1. The number of aromatic carboxylic acids is 1. The van der Waals surface area contributed by atoms with Crippen LogP contribution in [0.25, 0.3) is 6.08 Å². The Balaban J connectivity index is 1.43. The predicted molar refractivity (Wildman–Crippen MR) is 162 cm³/mol. The van der Waals surface area contributed by atoms with Gasteiger partial charge in [-0.2, -0.15) is 0 Å². The Morgan fingerprint density at radius 1 is 1.05 bits per heavy atom. The number of nitrogens with one attached hydrogen (secondary N) is 2. The van der Waals surface area contributed by atoms with E-state index in [9.17, 15) is 19.2 Å². The first-order valence-corrected chi connectivity index (χ1v) is 14.0. The summed E-state index contributed by atoms with van der Waals surface area (Å²) in [5.74, 6) is -1.40. The van der Waals surface area contributed by atoms with Crippen molar-refractivity contribution < 1.29 is 29.0 Å². The van der Waals surface area contributed by atoms with E-state index in [0.717, 1.165) is 29.6 Å². The van der Waals surface area contributed by atoms with Gasteiger partial charge in [-0.05, 0) is 105 Å². The quantitative estimate of drug-likeness (QED) is 0.156. The van der Waals surface area contributed by atoms with E-state index in [1.54, 1.807) is 30.3 Å². The normalized spacial score (nSPS) is 13.9. The lowest BCUT2D eigenvalue weighted by atomic mass is 10.1. The van der Waals surface area contributed by atoms with E-state index in [1.807, 2.05) is 31.2 Å². The molecule has 0 unspecified atom stereocenters. The second-order valence-electron chi connectivity index (χ2n) is 8.54. The van der Waals surface area contributed by atoms with Gasteiger partial charge >= 0.3 is 12.0 Å². The van der Waals surface area contributed by atoms with Crippen LogP contribution in [0.5, 0.6) is 5.75 Å². The first-order chi connectivity index (χ1) is 18.7. The van der Waals surface area contributed by atoms with Gasteiger partial charge in [0.1, 0.15) is 24.6 Å². The Labute approximate surface area is 251 Å². The third kappa shape index (κ3) is 6.95. The highest BCUT2D eigenvalue weighted by atomic mass is 127. The molecule has 39 heavy (non-hydrogen) atoms. The second-order valence-corrected chi connectivity index (χ2v) is 10.9. The van der Waals surface area contributed by atoms with Crippen LogP contribution < -0.4 is 15.4 Å². The van der Waals surface area contributed by atoms with Gasteiger partial charge in [-0.1, -0.05) is 37.3 Å². The number of urea groups is 1. The smallest absolute Gasteiger partial charge is 0.335 e. The van der Waals surface area contributed by atoms with Crippen LogP contribution >= 0.6 is 45.2 Å². The maximum Gasteiger partial charge on any atom is 0.335 e. The molecule has 3 aromatic rings. The highest BCUT2D eigenvalue weighted by Crippen LogP contribution is 2.31. The molecule has 1 fully saturated rings. The van der Waals surface area contributed by atoms with E-state index in [4.69, 9.17) is 9.84 Å². The number of anilines is 1. The van der Waals surface area contributed by atoms with Crippen molar-refractivity contribution in [2.24, 2.45) is 0 Å². The van der Waals surface area contributed by atoms with Crippen LogP contribution in [0.1, 0.15) is 34.0 Å². The molecule has 1 aliphatic rings. The molecule has 1 heterocycles. The number of carbonyl (C=O) groups is 4. The van der Waals surface area contributed by atoms with E-state index in [0.29, 0.717) is 17.0 Å². The Morgan fingerprint density at radius 3 is 2.36 bits per heavy atom. The Bertz CT molecular complexity index is 1460. The molecule has 3 aromatic carbocycles. The number of nitrogens with zero attached hydrogens (tertiary/aromatic N) is 1. The average molecular weight is 751 g/mol. The number of ether oxygens (including phenoxy) is 1. The van der Waals surface area contributed by atoms with Crippen molar-refractivity contribution in [1.29, 1.82) is 0 Å². The van der Waals surface area contributed by atoms with Crippen LogP contribution in [0, 0.1) is 7.14 Å². The SMILES string of the molecule is CCc1ccccc1NC(=O)CN1C(=O)N/C(=C/c2cc(I)c(OCc3ccc(C(=O)O)cc3)c(I)c2)C1=O. The summed E-state index contributed by atoms with van der Waals surface area (Å²) in [6.45, 7) is 1.82. The van der Waals surface area contributed by atoms with Crippen LogP contribution in [0.2, 0.25) is 0 Å². The molecule has 0 radical (unpaired) electrons. The monoisotopic (exact) mass is 751 g/mol. The van der Waals surface area contributed by atoms with Crippen LogP contribution in [-0.4, -0.2) is 40.4 Å². The Hall–Kier alpha value is -3.46. The summed E-state index contributed by atoms with van der Waals surface area (Å²) in [5.41, 5.74) is 3.37. The Kier molecular flexibility index (Phi) is 9.22. The lowest BCUT2D eigenvalue weighted by Gasteiger charge is -2.13. The predicted octanol–water partition coefficient (Wildman–Crippen LogP) is 5.27. The minimum atomic E-state index is -0.989. The minimum Gasteiger partial charge on any atom is -0.487 e. The summed E-state index contributed by atoms with van der Waals surface area (Å²) in [6.07, 6.45) is 2.29. The molecule has 200 valence electrons. The highest BCUT2D eigenvalue weighted by molar-refractivity contribution is 14.1. The summed E-state index contributed by atoms with van der Waals surface area (Å²) < 4.78 is 7.55. The summed E-state index contributed by atoms with van der Waals surface area (Å²) in [5, 5.41) is 14.4. The van der Waals surface area contributed by atoms with Gasteiger partial charge in [0, 0.05) is 5.69 Å². The van der Waals surface area contributed by atoms with Crippen molar-refractivity contribution in [3.05, 3.63) is 95.8 Å². The zero-order valence-electron chi connectivity index (χ0n) is 20.7. The largest absolute Gasteiger partial charge is 0.487 e. The molecule has 0 aliphatic carbocycles. The first kappa shape index (κ1) is 28.5. The number of para-hydroxylation sites is 1. The number of hydrogen-bond donors (Lipinski definition) is 3. The van der Waals surface area contributed by atoms with Crippen molar-refractivity contribution in [3.8, 4) is 5.75 Å². The number of hydrogen-bond acceptors (Lipinski definition) is 5. The number of rotatable bonds is 9. The summed E-state index contributed by atoms with van der Waals surface area (Å²) in [7, 11) is 0. The zero-order valence-corrected chi connectivity index (χ0v) is 25.0. The number of carbonyl (C=O) groups excluding carboxylic acids is 3. The average Bonchev–Trinajstić information content (AvgIpc) is 3.15. The molecule has 1 aliphatic heterocycles. The van der Waals surface area contributed by atoms with E-state index in [2.05, 4.69) is 55.8 Å². The molecular formula is C28H23I2N3O6. The van der Waals surface area contributed by atoms with E-state index >= 15 is 0 Å². The molecule has 4 rings (SSSR count). The molecule has 9 nitrogen and oxygen atoms in total. The van der Waals surface area contributed by atoms with Gasteiger partial charge in [-0.3, -0.25) is 9.59 Å². The molecule has 0 spiro atoms. The van der Waals surface area contributed by atoms with E-state index in [-0.39, 0.29) is 17.9 Å². The van der Waals surface area contributed by atoms with Crippen molar-refractivity contribution in [2.75, 3.05) is 11.9 Å². The van der Waals surface area contributed by atoms with Gasteiger partial charge < -0.3 is 20.5 Å². The van der Waals surface area contributed by atoms with Crippen LogP contribution in [0.15, 0.2) is 66.4 Å². The molecule has 3 N–H and O–H groups in total. The highest BCUT2D eigenvalue weighted by Gasteiger charge is 2.35. The number of imide groups is 1. The zero-order chi connectivity index (χ0) is 28.1. The molecular weight excluding hydrogens is 728 g/mol.